The zero-order valence-corrected chi connectivity index (χ0v) is 11.9. The van der Waals surface area contributed by atoms with E-state index in [4.69, 9.17) is 0 Å². The van der Waals surface area contributed by atoms with E-state index in [1.807, 2.05) is 20.8 Å². The summed E-state index contributed by atoms with van der Waals surface area (Å²) in [6.07, 6.45) is 0.122. The minimum Gasteiger partial charge on any atom is -0.507 e. The molecule has 0 bridgehead atoms. The second-order valence-corrected chi connectivity index (χ2v) is 5.48. The Morgan fingerprint density at radius 2 is 1.70 bits per heavy atom. The molecule has 0 radical (unpaired) electrons. The quantitative estimate of drug-likeness (QED) is 0.664. The zero-order chi connectivity index (χ0) is 15.3. The molecule has 0 fully saturated rings. The van der Waals surface area contributed by atoms with E-state index in [0.29, 0.717) is 0 Å². The lowest BCUT2D eigenvalue weighted by Gasteiger charge is -2.20. The van der Waals surface area contributed by atoms with Crippen LogP contribution in [0.3, 0.4) is 0 Å². The van der Waals surface area contributed by atoms with Crippen molar-refractivity contribution in [2.45, 2.75) is 32.7 Å². The first-order valence-electron chi connectivity index (χ1n) is 6.31. The van der Waals surface area contributed by atoms with Crippen LogP contribution >= 0.6 is 0 Å². The summed E-state index contributed by atoms with van der Waals surface area (Å²) in [5, 5.41) is 24.3. The predicted molar refractivity (Wildman–Crippen MR) is 74.6 cm³/mol. The standard InChI is InChI=1S/C14H20N2O4/c1-14(2,3)16-11(19)7-8-15-13(20)12-9(17)5-4-6-10(12)18/h4-6,17-18H,7-8H2,1-3H3,(H,15,20)(H,16,19). The number of hydrogen-bond donors (Lipinski definition) is 4. The number of amides is 2. The number of aromatic hydroxyl groups is 2. The van der Waals surface area contributed by atoms with Gasteiger partial charge >= 0.3 is 0 Å². The fraction of sp³-hybridized carbons (Fsp3) is 0.429. The highest BCUT2D eigenvalue weighted by atomic mass is 16.3. The molecule has 0 heterocycles. The van der Waals surface area contributed by atoms with Crippen molar-refractivity contribution >= 4 is 11.8 Å². The molecule has 6 nitrogen and oxygen atoms in total. The topological polar surface area (TPSA) is 98.7 Å². The molecule has 0 spiro atoms. The summed E-state index contributed by atoms with van der Waals surface area (Å²) in [5.74, 6) is -1.41. The summed E-state index contributed by atoms with van der Waals surface area (Å²) in [7, 11) is 0. The molecule has 6 heteroatoms. The Kier molecular flexibility index (Phi) is 4.96. The second-order valence-electron chi connectivity index (χ2n) is 5.48. The van der Waals surface area contributed by atoms with Gasteiger partial charge in [-0.3, -0.25) is 9.59 Å². The smallest absolute Gasteiger partial charge is 0.258 e. The molecule has 0 atom stereocenters. The molecular weight excluding hydrogens is 260 g/mol. The molecular formula is C14H20N2O4. The predicted octanol–water partition coefficient (Wildman–Crippen LogP) is 1.13. The van der Waals surface area contributed by atoms with Crippen LogP contribution < -0.4 is 10.6 Å². The molecule has 1 rings (SSSR count). The molecule has 2 amide bonds. The average Bonchev–Trinajstić information content (AvgIpc) is 2.26. The first-order chi connectivity index (χ1) is 9.20. The van der Waals surface area contributed by atoms with Gasteiger partial charge in [0.2, 0.25) is 5.91 Å². The van der Waals surface area contributed by atoms with E-state index >= 15 is 0 Å². The molecule has 110 valence electrons. The largest absolute Gasteiger partial charge is 0.507 e. The summed E-state index contributed by atoms with van der Waals surface area (Å²) >= 11 is 0. The normalized spacial score (nSPS) is 10.9. The lowest BCUT2D eigenvalue weighted by Crippen LogP contribution is -2.42. The fourth-order valence-corrected chi connectivity index (χ4v) is 1.62. The van der Waals surface area contributed by atoms with Crippen LogP contribution in [0.4, 0.5) is 0 Å². The summed E-state index contributed by atoms with van der Waals surface area (Å²) in [5.41, 5.74) is -0.513. The van der Waals surface area contributed by atoms with Crippen molar-refractivity contribution in [2.75, 3.05) is 6.54 Å². The molecule has 20 heavy (non-hydrogen) atoms. The monoisotopic (exact) mass is 280 g/mol. The van der Waals surface area contributed by atoms with Gasteiger partial charge in [0.05, 0.1) is 0 Å². The third-order valence-electron chi connectivity index (χ3n) is 2.40. The second kappa shape index (κ2) is 6.27. The van der Waals surface area contributed by atoms with Crippen molar-refractivity contribution in [1.29, 1.82) is 0 Å². The molecule has 0 saturated carbocycles. The van der Waals surface area contributed by atoms with Crippen LogP contribution in [0.25, 0.3) is 0 Å². The first kappa shape index (κ1) is 15.8. The number of hydrogen-bond acceptors (Lipinski definition) is 4. The van der Waals surface area contributed by atoms with Gasteiger partial charge in [-0.15, -0.1) is 0 Å². The molecule has 0 aliphatic carbocycles. The van der Waals surface area contributed by atoms with Gasteiger partial charge in [0.15, 0.2) is 0 Å². The third kappa shape index (κ3) is 4.79. The highest BCUT2D eigenvalue weighted by Gasteiger charge is 2.17. The summed E-state index contributed by atoms with van der Waals surface area (Å²) in [4.78, 5) is 23.3. The molecule has 0 aliphatic rings. The van der Waals surface area contributed by atoms with Crippen LogP contribution in [0.15, 0.2) is 18.2 Å². The van der Waals surface area contributed by atoms with E-state index in [1.54, 1.807) is 0 Å². The summed E-state index contributed by atoms with van der Waals surface area (Å²) in [6, 6.07) is 4.04. The maximum absolute atomic E-state index is 11.8. The van der Waals surface area contributed by atoms with Crippen molar-refractivity contribution in [3.05, 3.63) is 23.8 Å². The summed E-state index contributed by atoms with van der Waals surface area (Å²) in [6.45, 7) is 5.71. The molecule has 0 aromatic heterocycles. The number of carbonyl (C=O) groups is 2. The number of phenols is 2. The van der Waals surface area contributed by atoms with Gasteiger partial charge in [0.25, 0.3) is 5.91 Å². The van der Waals surface area contributed by atoms with Gasteiger partial charge in [-0.25, -0.2) is 0 Å². The van der Waals surface area contributed by atoms with Gasteiger partial charge in [0, 0.05) is 18.5 Å². The van der Waals surface area contributed by atoms with Crippen molar-refractivity contribution < 1.29 is 19.8 Å². The minimum atomic E-state index is -0.621. The maximum atomic E-state index is 11.8. The van der Waals surface area contributed by atoms with E-state index in [9.17, 15) is 19.8 Å². The summed E-state index contributed by atoms with van der Waals surface area (Å²) < 4.78 is 0. The zero-order valence-electron chi connectivity index (χ0n) is 11.9. The Morgan fingerprint density at radius 1 is 1.15 bits per heavy atom. The highest BCUT2D eigenvalue weighted by molar-refractivity contribution is 5.99. The van der Waals surface area contributed by atoms with Crippen LogP contribution in [0.5, 0.6) is 11.5 Å². The van der Waals surface area contributed by atoms with Gasteiger partial charge in [0.1, 0.15) is 17.1 Å². The van der Waals surface area contributed by atoms with Crippen LogP contribution in [-0.2, 0) is 4.79 Å². The van der Waals surface area contributed by atoms with Crippen LogP contribution in [0.2, 0.25) is 0 Å². The van der Waals surface area contributed by atoms with E-state index in [-0.39, 0.29) is 41.5 Å². The molecule has 4 N–H and O–H groups in total. The number of nitrogens with one attached hydrogen (secondary N) is 2. The van der Waals surface area contributed by atoms with Crippen molar-refractivity contribution in [3.8, 4) is 11.5 Å². The van der Waals surface area contributed by atoms with Gasteiger partial charge < -0.3 is 20.8 Å². The number of rotatable bonds is 4. The number of phenolic OH excluding ortho intramolecular Hbond substituents is 2. The van der Waals surface area contributed by atoms with Crippen molar-refractivity contribution in [1.82, 2.24) is 10.6 Å². The number of benzene rings is 1. The van der Waals surface area contributed by atoms with Gasteiger partial charge in [-0.1, -0.05) is 6.07 Å². The molecule has 0 aliphatic heterocycles. The third-order valence-corrected chi connectivity index (χ3v) is 2.40. The van der Waals surface area contributed by atoms with Gasteiger partial charge in [-0.05, 0) is 32.9 Å². The van der Waals surface area contributed by atoms with E-state index in [1.165, 1.54) is 18.2 Å². The minimum absolute atomic E-state index is 0.120. The lowest BCUT2D eigenvalue weighted by atomic mass is 10.1. The van der Waals surface area contributed by atoms with E-state index in [0.717, 1.165) is 0 Å². The highest BCUT2D eigenvalue weighted by Crippen LogP contribution is 2.25. The van der Waals surface area contributed by atoms with E-state index < -0.39 is 5.91 Å². The van der Waals surface area contributed by atoms with Gasteiger partial charge in [-0.2, -0.15) is 0 Å². The Morgan fingerprint density at radius 3 is 2.20 bits per heavy atom. The molecule has 1 aromatic rings. The van der Waals surface area contributed by atoms with Crippen LogP contribution in [-0.4, -0.2) is 34.1 Å². The Bertz CT molecular complexity index is 486. The van der Waals surface area contributed by atoms with Crippen LogP contribution in [0.1, 0.15) is 37.6 Å². The maximum Gasteiger partial charge on any atom is 0.258 e. The van der Waals surface area contributed by atoms with Crippen molar-refractivity contribution in [3.63, 3.8) is 0 Å². The Labute approximate surface area is 117 Å². The van der Waals surface area contributed by atoms with Crippen LogP contribution in [0, 0.1) is 0 Å². The lowest BCUT2D eigenvalue weighted by molar-refractivity contribution is -0.122. The molecule has 0 saturated heterocycles. The SMILES string of the molecule is CC(C)(C)NC(=O)CCNC(=O)c1c(O)cccc1O. The van der Waals surface area contributed by atoms with E-state index in [2.05, 4.69) is 10.6 Å². The Balaban J connectivity index is 2.51. The van der Waals surface area contributed by atoms with Crippen molar-refractivity contribution in [2.24, 2.45) is 0 Å². The molecule has 1 aromatic carbocycles. The Hall–Kier alpha value is -2.24. The molecule has 0 unspecified atom stereocenters. The first-order valence-corrected chi connectivity index (χ1v) is 6.31. The fourth-order valence-electron chi connectivity index (χ4n) is 1.62. The number of carbonyl (C=O) groups excluding carboxylic acids is 2. The average molecular weight is 280 g/mol.